The van der Waals surface area contributed by atoms with Gasteiger partial charge >= 0.3 is 7.27 Å². The van der Waals surface area contributed by atoms with Crippen molar-refractivity contribution in [3.05, 3.63) is 0 Å². The molecule has 1 nitrogen and oxygen atoms in total. The third-order valence-corrected chi connectivity index (χ3v) is 0.556. The van der Waals surface area contributed by atoms with E-state index in [9.17, 15) is 8.63 Å². The molecule has 0 aromatic rings. The molecule has 0 saturated heterocycles. The van der Waals surface area contributed by atoms with E-state index < -0.39 is 13.8 Å². The van der Waals surface area contributed by atoms with Crippen molar-refractivity contribution < 1.29 is 13.4 Å². The van der Waals surface area contributed by atoms with Gasteiger partial charge in [0.05, 0.1) is 12.6 Å². The van der Waals surface area contributed by atoms with Gasteiger partial charge in [-0.25, -0.2) is 0 Å². The second-order valence-corrected chi connectivity index (χ2v) is 1.77. The van der Waals surface area contributed by atoms with Crippen molar-refractivity contribution in [1.29, 1.82) is 0 Å². The molecule has 0 aliphatic heterocycles. The normalized spacial score (nSPS) is 10.1. The first-order chi connectivity index (χ1) is 3.63. The van der Waals surface area contributed by atoms with Gasteiger partial charge < -0.3 is 4.74 Å². The lowest BCUT2D eigenvalue weighted by Gasteiger charge is -2.02. The summed E-state index contributed by atoms with van der Waals surface area (Å²) in [4.78, 5) is 0. The zero-order chi connectivity index (χ0) is 6.57. The Balaban J connectivity index is 2.93. The molecule has 8 heavy (non-hydrogen) atoms. The Morgan fingerprint density at radius 2 is 2.00 bits per heavy atom. The molecular formula is C4H9BF2O. The molecule has 0 amide bonds. The molecule has 48 valence electrons. The van der Waals surface area contributed by atoms with E-state index in [1.54, 1.807) is 13.8 Å². The molecule has 0 aliphatic carbocycles. The lowest BCUT2D eigenvalue weighted by atomic mass is 10.0. The molecule has 0 aromatic carbocycles. The molecule has 4 heteroatoms. The van der Waals surface area contributed by atoms with Crippen molar-refractivity contribution in [2.75, 3.05) is 6.51 Å². The van der Waals surface area contributed by atoms with Crippen LogP contribution in [0.5, 0.6) is 0 Å². The molecular weight excluding hydrogens is 113 g/mol. The van der Waals surface area contributed by atoms with Crippen molar-refractivity contribution >= 4 is 7.27 Å². The molecule has 0 aromatic heterocycles. The van der Waals surface area contributed by atoms with Crippen molar-refractivity contribution in [3.8, 4) is 0 Å². The number of hydrogen-bond acceptors (Lipinski definition) is 1. The first kappa shape index (κ1) is 7.88. The Hall–Kier alpha value is -0.115. The molecule has 0 radical (unpaired) electrons. The van der Waals surface area contributed by atoms with Crippen molar-refractivity contribution in [2.24, 2.45) is 0 Å². The maximum atomic E-state index is 11.3. The smallest absolute Gasteiger partial charge is 0.380 e. The van der Waals surface area contributed by atoms with E-state index in [2.05, 4.69) is 4.74 Å². The van der Waals surface area contributed by atoms with Gasteiger partial charge in [0.1, 0.15) is 0 Å². The Morgan fingerprint density at radius 1 is 1.50 bits per heavy atom. The summed E-state index contributed by atoms with van der Waals surface area (Å²) in [6, 6.07) is 0. The zero-order valence-electron chi connectivity index (χ0n) is 5.03. The Labute approximate surface area is 48.2 Å². The molecule has 0 saturated carbocycles. The molecule has 0 unspecified atom stereocenters. The fourth-order valence-electron chi connectivity index (χ4n) is 0.265. The fourth-order valence-corrected chi connectivity index (χ4v) is 0.265. The molecule has 0 bridgehead atoms. The standard InChI is InChI=1S/C4H9BF2O/c1-4(2)8-3-5(6)7/h4H,3H2,1-2H3. The number of ether oxygens (including phenoxy) is 1. The highest BCUT2D eigenvalue weighted by atomic mass is 19.2. The van der Waals surface area contributed by atoms with Gasteiger partial charge in [-0.2, -0.15) is 0 Å². The number of rotatable bonds is 3. The molecule has 0 heterocycles. The number of hydrogen-bond donors (Lipinski definition) is 0. The van der Waals surface area contributed by atoms with E-state index in [1.807, 2.05) is 0 Å². The van der Waals surface area contributed by atoms with Gasteiger partial charge in [0.15, 0.2) is 0 Å². The highest BCUT2D eigenvalue weighted by Crippen LogP contribution is 1.91. The van der Waals surface area contributed by atoms with Crippen molar-refractivity contribution in [1.82, 2.24) is 0 Å². The van der Waals surface area contributed by atoms with Gasteiger partial charge in [-0.3, -0.25) is 8.63 Å². The van der Waals surface area contributed by atoms with E-state index in [4.69, 9.17) is 0 Å². The topological polar surface area (TPSA) is 9.23 Å². The van der Waals surface area contributed by atoms with Crippen LogP contribution in [0.25, 0.3) is 0 Å². The minimum atomic E-state index is -2.34. The molecule has 0 spiro atoms. The van der Waals surface area contributed by atoms with E-state index in [0.29, 0.717) is 0 Å². The van der Waals surface area contributed by atoms with Gasteiger partial charge in [-0.1, -0.05) is 0 Å². The lowest BCUT2D eigenvalue weighted by molar-refractivity contribution is 0.106. The summed E-state index contributed by atoms with van der Waals surface area (Å²) in [7, 11) is -2.34. The van der Waals surface area contributed by atoms with Crippen LogP contribution >= 0.6 is 0 Å². The lowest BCUT2D eigenvalue weighted by Crippen LogP contribution is -2.13. The van der Waals surface area contributed by atoms with Crippen LogP contribution in [0.1, 0.15) is 13.8 Å². The van der Waals surface area contributed by atoms with E-state index >= 15 is 0 Å². The summed E-state index contributed by atoms with van der Waals surface area (Å²) in [5.74, 6) is 0. The molecule has 0 N–H and O–H groups in total. The Bertz CT molecular complexity index is 50.0. The van der Waals surface area contributed by atoms with Crippen LogP contribution in [0.3, 0.4) is 0 Å². The molecule has 0 atom stereocenters. The van der Waals surface area contributed by atoms with Gasteiger partial charge in [0, 0.05) is 0 Å². The molecule has 0 rings (SSSR count). The first-order valence-corrected chi connectivity index (χ1v) is 2.52. The van der Waals surface area contributed by atoms with Crippen molar-refractivity contribution in [2.45, 2.75) is 20.0 Å². The Morgan fingerprint density at radius 3 is 2.12 bits per heavy atom. The predicted octanol–water partition coefficient (Wildman–Crippen LogP) is 1.38. The largest absolute Gasteiger partial charge is 0.563 e. The van der Waals surface area contributed by atoms with Crippen LogP contribution < -0.4 is 0 Å². The van der Waals surface area contributed by atoms with E-state index in [1.165, 1.54) is 0 Å². The monoisotopic (exact) mass is 122 g/mol. The summed E-state index contributed by atoms with van der Waals surface area (Å²) >= 11 is 0. The maximum Gasteiger partial charge on any atom is 0.563 e. The van der Waals surface area contributed by atoms with Crippen LogP contribution in [0, 0.1) is 0 Å². The minimum absolute atomic E-state index is 0.0935. The van der Waals surface area contributed by atoms with Gasteiger partial charge in [-0.05, 0) is 13.8 Å². The zero-order valence-corrected chi connectivity index (χ0v) is 5.03. The fraction of sp³-hybridized carbons (Fsp3) is 1.00. The Kier molecular flexibility index (Phi) is 3.78. The van der Waals surface area contributed by atoms with Gasteiger partial charge in [0.2, 0.25) is 0 Å². The highest BCUT2D eigenvalue weighted by Gasteiger charge is 2.12. The first-order valence-electron chi connectivity index (χ1n) is 2.52. The third-order valence-electron chi connectivity index (χ3n) is 0.556. The quantitative estimate of drug-likeness (QED) is 0.513. The van der Waals surface area contributed by atoms with Crippen LogP contribution in [0.4, 0.5) is 8.63 Å². The highest BCUT2D eigenvalue weighted by molar-refractivity contribution is 6.42. The summed E-state index contributed by atoms with van der Waals surface area (Å²) in [6.45, 7) is 3.00. The second-order valence-electron chi connectivity index (χ2n) is 1.77. The second kappa shape index (κ2) is 3.84. The third kappa shape index (κ3) is 5.88. The van der Waals surface area contributed by atoms with Gasteiger partial charge in [0.25, 0.3) is 0 Å². The van der Waals surface area contributed by atoms with Crippen LogP contribution in [-0.4, -0.2) is 19.9 Å². The maximum absolute atomic E-state index is 11.3. The van der Waals surface area contributed by atoms with Crippen LogP contribution in [0.15, 0.2) is 0 Å². The van der Waals surface area contributed by atoms with Crippen LogP contribution in [0.2, 0.25) is 0 Å². The average molecular weight is 122 g/mol. The summed E-state index contributed by atoms with van der Waals surface area (Å²) in [5.41, 5.74) is 0. The molecule has 0 aliphatic rings. The predicted molar refractivity (Wildman–Crippen MR) is 29.1 cm³/mol. The summed E-state index contributed by atoms with van der Waals surface area (Å²) < 4.78 is 27.1. The van der Waals surface area contributed by atoms with Crippen LogP contribution in [-0.2, 0) is 4.74 Å². The summed E-state index contributed by atoms with van der Waals surface area (Å²) in [6.07, 6.45) is -0.0935. The molecule has 0 fully saturated rings. The number of halogens is 2. The minimum Gasteiger partial charge on any atom is -0.380 e. The van der Waals surface area contributed by atoms with E-state index in [0.717, 1.165) is 0 Å². The summed E-state index contributed by atoms with van der Waals surface area (Å²) in [5, 5.41) is 0. The van der Waals surface area contributed by atoms with E-state index in [-0.39, 0.29) is 6.10 Å². The van der Waals surface area contributed by atoms with Gasteiger partial charge in [-0.15, -0.1) is 0 Å². The van der Waals surface area contributed by atoms with Crippen molar-refractivity contribution in [3.63, 3.8) is 0 Å². The average Bonchev–Trinajstić information content (AvgIpc) is 1.61. The SMILES string of the molecule is CC(C)OCB(F)F.